The number of anilines is 1. The van der Waals surface area contributed by atoms with Crippen LogP contribution in [0.2, 0.25) is 0 Å². The molecule has 0 radical (unpaired) electrons. The monoisotopic (exact) mass is 349 g/mol. The van der Waals surface area contributed by atoms with Gasteiger partial charge in [-0.3, -0.25) is 4.79 Å². The van der Waals surface area contributed by atoms with Crippen LogP contribution in [0.3, 0.4) is 0 Å². The van der Waals surface area contributed by atoms with Gasteiger partial charge >= 0.3 is 0 Å². The first-order valence-corrected chi connectivity index (χ1v) is 8.86. The third-order valence-corrected chi connectivity index (χ3v) is 4.97. The van der Waals surface area contributed by atoms with Crippen molar-refractivity contribution in [2.75, 3.05) is 12.4 Å². The maximum atomic E-state index is 13.0. The Labute approximate surface area is 152 Å². The van der Waals surface area contributed by atoms with Crippen LogP contribution in [0.4, 0.5) is 5.69 Å². The number of rotatable bonds is 6. The van der Waals surface area contributed by atoms with E-state index in [4.69, 9.17) is 4.74 Å². The molecule has 0 saturated heterocycles. The number of thioether (sulfide) groups is 1. The topological polar surface area (TPSA) is 38.3 Å². The first-order valence-electron chi connectivity index (χ1n) is 7.98. The number of benzene rings is 3. The third-order valence-electron chi connectivity index (χ3n) is 3.70. The predicted molar refractivity (Wildman–Crippen MR) is 103 cm³/mol. The lowest BCUT2D eigenvalue weighted by Gasteiger charge is -2.18. The van der Waals surface area contributed by atoms with Crippen LogP contribution in [-0.2, 0) is 4.79 Å². The SMILES string of the molecule is COc1ccccc1NC(=O)[C@@H](Sc1ccccc1)c1ccccc1. The zero-order valence-corrected chi connectivity index (χ0v) is 14.7. The van der Waals surface area contributed by atoms with Gasteiger partial charge in [-0.1, -0.05) is 60.7 Å². The molecule has 3 rings (SSSR count). The van der Waals surface area contributed by atoms with Crippen LogP contribution in [0.25, 0.3) is 0 Å². The number of carbonyl (C=O) groups is 1. The van der Waals surface area contributed by atoms with E-state index in [0.717, 1.165) is 10.5 Å². The number of nitrogens with one attached hydrogen (secondary N) is 1. The fourth-order valence-electron chi connectivity index (χ4n) is 2.48. The Balaban J connectivity index is 1.87. The Bertz CT molecular complexity index is 822. The van der Waals surface area contributed by atoms with Crippen LogP contribution < -0.4 is 10.1 Å². The largest absolute Gasteiger partial charge is 0.495 e. The van der Waals surface area contributed by atoms with Gasteiger partial charge < -0.3 is 10.1 Å². The van der Waals surface area contributed by atoms with E-state index in [1.165, 1.54) is 11.8 Å². The number of para-hydroxylation sites is 2. The number of hydrogen-bond acceptors (Lipinski definition) is 3. The molecule has 0 heterocycles. The molecule has 1 amide bonds. The second kappa shape index (κ2) is 8.40. The van der Waals surface area contributed by atoms with Gasteiger partial charge in [0.1, 0.15) is 11.0 Å². The second-order valence-electron chi connectivity index (χ2n) is 5.41. The molecule has 3 aromatic carbocycles. The van der Waals surface area contributed by atoms with Crippen LogP contribution in [0, 0.1) is 0 Å². The summed E-state index contributed by atoms with van der Waals surface area (Å²) in [7, 11) is 1.60. The van der Waals surface area contributed by atoms with Gasteiger partial charge in [-0.15, -0.1) is 11.8 Å². The lowest BCUT2D eigenvalue weighted by atomic mass is 10.1. The summed E-state index contributed by atoms with van der Waals surface area (Å²) in [5, 5.41) is 2.64. The minimum absolute atomic E-state index is 0.0791. The van der Waals surface area contributed by atoms with Crippen molar-refractivity contribution >= 4 is 23.4 Å². The molecule has 25 heavy (non-hydrogen) atoms. The molecule has 0 fully saturated rings. The zero-order valence-electron chi connectivity index (χ0n) is 13.9. The molecule has 0 unspecified atom stereocenters. The molecular formula is C21H19NO2S. The average molecular weight is 349 g/mol. The Morgan fingerprint density at radius 1 is 0.880 bits per heavy atom. The van der Waals surface area contributed by atoms with Crippen molar-refractivity contribution in [2.24, 2.45) is 0 Å². The molecule has 3 aromatic rings. The first-order chi connectivity index (χ1) is 12.3. The number of hydrogen-bond donors (Lipinski definition) is 1. The molecule has 126 valence electrons. The summed E-state index contributed by atoms with van der Waals surface area (Å²) in [5.74, 6) is 0.567. The zero-order chi connectivity index (χ0) is 17.5. The van der Waals surface area contributed by atoms with Gasteiger partial charge in [0, 0.05) is 4.90 Å². The summed E-state index contributed by atoms with van der Waals surface area (Å²) >= 11 is 1.53. The van der Waals surface area contributed by atoms with E-state index in [1.54, 1.807) is 7.11 Å². The molecule has 0 aliphatic heterocycles. The normalized spacial score (nSPS) is 11.6. The van der Waals surface area contributed by atoms with Crippen molar-refractivity contribution in [3.8, 4) is 5.75 Å². The fraction of sp³-hybridized carbons (Fsp3) is 0.0952. The summed E-state index contributed by atoms with van der Waals surface area (Å²) in [4.78, 5) is 14.0. The number of amides is 1. The standard InChI is InChI=1S/C21H19NO2S/c1-24-19-15-9-8-14-18(19)22-21(23)20(16-10-4-2-5-11-16)25-17-12-6-3-7-13-17/h2-15,20H,1H3,(H,22,23)/t20-/m0/s1. The van der Waals surface area contributed by atoms with Gasteiger partial charge in [0.05, 0.1) is 12.8 Å². The maximum absolute atomic E-state index is 13.0. The Morgan fingerprint density at radius 3 is 2.16 bits per heavy atom. The summed E-state index contributed by atoms with van der Waals surface area (Å²) in [6.45, 7) is 0. The van der Waals surface area contributed by atoms with E-state index in [-0.39, 0.29) is 11.2 Å². The van der Waals surface area contributed by atoms with Gasteiger partial charge in [-0.25, -0.2) is 0 Å². The van der Waals surface area contributed by atoms with Crippen LogP contribution in [0.5, 0.6) is 5.75 Å². The first kappa shape index (κ1) is 17.1. The van der Waals surface area contributed by atoms with Crippen molar-refractivity contribution in [3.05, 3.63) is 90.5 Å². The van der Waals surface area contributed by atoms with E-state index >= 15 is 0 Å². The molecule has 4 heteroatoms. The van der Waals surface area contributed by atoms with Gasteiger partial charge in [0.15, 0.2) is 0 Å². The highest BCUT2D eigenvalue weighted by Crippen LogP contribution is 2.36. The van der Waals surface area contributed by atoms with Gasteiger partial charge in [0.25, 0.3) is 0 Å². The fourth-order valence-corrected chi connectivity index (χ4v) is 3.53. The molecule has 3 nitrogen and oxygen atoms in total. The van der Waals surface area contributed by atoms with Gasteiger partial charge in [-0.2, -0.15) is 0 Å². The molecule has 0 spiro atoms. The molecule has 0 bridgehead atoms. The van der Waals surface area contributed by atoms with Gasteiger partial charge in [-0.05, 0) is 29.8 Å². The predicted octanol–water partition coefficient (Wildman–Crippen LogP) is 5.17. The van der Waals surface area contributed by atoms with Crippen molar-refractivity contribution < 1.29 is 9.53 Å². The molecule has 0 aliphatic carbocycles. The van der Waals surface area contributed by atoms with Gasteiger partial charge in [0.2, 0.25) is 5.91 Å². The van der Waals surface area contributed by atoms with E-state index in [0.29, 0.717) is 11.4 Å². The molecular weight excluding hydrogens is 330 g/mol. The smallest absolute Gasteiger partial charge is 0.242 e. The lowest BCUT2D eigenvalue weighted by molar-refractivity contribution is -0.115. The summed E-state index contributed by atoms with van der Waals surface area (Å²) < 4.78 is 5.33. The third kappa shape index (κ3) is 4.43. The molecule has 0 saturated carbocycles. The molecule has 1 N–H and O–H groups in total. The minimum Gasteiger partial charge on any atom is -0.495 e. The van der Waals surface area contributed by atoms with Crippen LogP contribution in [0.15, 0.2) is 89.8 Å². The Morgan fingerprint density at radius 2 is 1.48 bits per heavy atom. The molecule has 0 aromatic heterocycles. The average Bonchev–Trinajstić information content (AvgIpc) is 2.68. The highest BCUT2D eigenvalue weighted by Gasteiger charge is 2.22. The van der Waals surface area contributed by atoms with Crippen LogP contribution in [0.1, 0.15) is 10.8 Å². The van der Waals surface area contributed by atoms with Crippen LogP contribution in [-0.4, -0.2) is 13.0 Å². The summed E-state index contributed by atoms with van der Waals surface area (Å²) in [6, 6.07) is 27.2. The Hall–Kier alpha value is -2.72. The van der Waals surface area contributed by atoms with Crippen molar-refractivity contribution in [1.29, 1.82) is 0 Å². The van der Waals surface area contributed by atoms with Crippen molar-refractivity contribution in [3.63, 3.8) is 0 Å². The lowest BCUT2D eigenvalue weighted by Crippen LogP contribution is -2.19. The summed E-state index contributed by atoms with van der Waals surface area (Å²) in [6.07, 6.45) is 0. The van der Waals surface area contributed by atoms with Crippen LogP contribution >= 0.6 is 11.8 Å². The number of carbonyl (C=O) groups excluding carboxylic acids is 1. The Kier molecular flexibility index (Phi) is 5.75. The number of ether oxygens (including phenoxy) is 1. The summed E-state index contributed by atoms with van der Waals surface area (Å²) in [5.41, 5.74) is 1.63. The van der Waals surface area contributed by atoms with E-state index in [2.05, 4.69) is 5.32 Å². The minimum atomic E-state index is -0.353. The van der Waals surface area contributed by atoms with Crippen molar-refractivity contribution in [2.45, 2.75) is 10.1 Å². The van der Waals surface area contributed by atoms with E-state index in [9.17, 15) is 4.79 Å². The molecule has 0 aliphatic rings. The quantitative estimate of drug-likeness (QED) is 0.624. The highest BCUT2D eigenvalue weighted by atomic mass is 32.2. The van der Waals surface area contributed by atoms with E-state index < -0.39 is 0 Å². The maximum Gasteiger partial charge on any atom is 0.242 e. The molecule has 1 atom stereocenters. The second-order valence-corrected chi connectivity index (χ2v) is 6.59. The highest BCUT2D eigenvalue weighted by molar-refractivity contribution is 8.00. The van der Waals surface area contributed by atoms with Crippen molar-refractivity contribution in [1.82, 2.24) is 0 Å². The van der Waals surface area contributed by atoms with E-state index in [1.807, 2.05) is 84.9 Å². The number of methoxy groups -OCH3 is 1.